The molecule has 0 bridgehead atoms. The van der Waals surface area contributed by atoms with Crippen LogP contribution in [0.2, 0.25) is 5.02 Å². The number of fused-ring (bicyclic) bond motifs is 1. The number of carbonyl (C=O) groups is 2. The van der Waals surface area contributed by atoms with Crippen molar-refractivity contribution < 1.29 is 19.1 Å². The Kier molecular flexibility index (Phi) is 6.73. The van der Waals surface area contributed by atoms with Crippen LogP contribution in [-0.2, 0) is 9.53 Å². The Labute approximate surface area is 174 Å². The fourth-order valence-corrected chi connectivity index (χ4v) is 3.17. The first-order chi connectivity index (χ1) is 14.0. The second-order valence-electron chi connectivity index (χ2n) is 6.40. The Morgan fingerprint density at radius 2 is 1.79 bits per heavy atom. The molecular formula is C23H22ClNO4. The van der Waals surface area contributed by atoms with E-state index in [0.29, 0.717) is 23.4 Å². The van der Waals surface area contributed by atoms with Gasteiger partial charge in [-0.25, -0.2) is 4.79 Å². The molecule has 0 saturated carbocycles. The van der Waals surface area contributed by atoms with E-state index in [1.165, 1.54) is 6.07 Å². The zero-order valence-corrected chi connectivity index (χ0v) is 17.0. The van der Waals surface area contributed by atoms with Crippen LogP contribution < -0.4 is 10.1 Å². The van der Waals surface area contributed by atoms with Crippen LogP contribution in [0.1, 0.15) is 30.6 Å². The number of nitrogens with one attached hydrogen (secondary N) is 1. The minimum Gasteiger partial charge on any atom is -0.480 e. The first kappa shape index (κ1) is 20.7. The molecule has 3 rings (SSSR count). The lowest BCUT2D eigenvalue weighted by atomic mass is 10.1. The van der Waals surface area contributed by atoms with E-state index in [-0.39, 0.29) is 17.5 Å². The number of carbonyl (C=O) groups excluding carboxylic acids is 2. The molecule has 150 valence electrons. The van der Waals surface area contributed by atoms with Gasteiger partial charge in [-0.2, -0.15) is 0 Å². The maximum absolute atomic E-state index is 12.8. The molecule has 1 N–H and O–H groups in total. The quantitative estimate of drug-likeness (QED) is 0.524. The molecule has 6 heteroatoms. The molecule has 0 fully saturated rings. The third-order valence-corrected chi connectivity index (χ3v) is 4.73. The van der Waals surface area contributed by atoms with Crippen molar-refractivity contribution in [1.29, 1.82) is 0 Å². The van der Waals surface area contributed by atoms with Crippen LogP contribution in [0.4, 0.5) is 5.69 Å². The van der Waals surface area contributed by atoms with E-state index in [9.17, 15) is 9.59 Å². The van der Waals surface area contributed by atoms with Crippen LogP contribution >= 0.6 is 11.6 Å². The van der Waals surface area contributed by atoms with E-state index in [4.69, 9.17) is 21.1 Å². The number of hydrogen-bond acceptors (Lipinski definition) is 4. The maximum Gasteiger partial charge on any atom is 0.338 e. The minimum absolute atomic E-state index is 0.254. The number of anilines is 1. The predicted molar refractivity (Wildman–Crippen MR) is 115 cm³/mol. The van der Waals surface area contributed by atoms with Crippen LogP contribution in [0.5, 0.6) is 5.75 Å². The third kappa shape index (κ3) is 4.87. The molecule has 29 heavy (non-hydrogen) atoms. The Hall–Kier alpha value is -3.05. The Balaban J connectivity index is 1.75. The van der Waals surface area contributed by atoms with Gasteiger partial charge in [0.2, 0.25) is 0 Å². The molecule has 0 aliphatic carbocycles. The molecule has 3 aromatic carbocycles. The zero-order chi connectivity index (χ0) is 20.8. The summed E-state index contributed by atoms with van der Waals surface area (Å²) in [6, 6.07) is 18.2. The highest BCUT2D eigenvalue weighted by atomic mass is 35.5. The molecule has 0 radical (unpaired) electrons. The summed E-state index contributed by atoms with van der Waals surface area (Å²) in [5.41, 5.74) is 0.735. The smallest absolute Gasteiger partial charge is 0.338 e. The van der Waals surface area contributed by atoms with E-state index >= 15 is 0 Å². The van der Waals surface area contributed by atoms with Gasteiger partial charge in [-0.05, 0) is 43.0 Å². The predicted octanol–water partition coefficient (Wildman–Crippen LogP) is 5.47. The fourth-order valence-electron chi connectivity index (χ4n) is 2.95. The largest absolute Gasteiger partial charge is 0.480 e. The van der Waals surface area contributed by atoms with Crippen LogP contribution in [0, 0.1) is 0 Å². The summed E-state index contributed by atoms with van der Waals surface area (Å²) in [4.78, 5) is 24.6. The summed E-state index contributed by atoms with van der Waals surface area (Å²) >= 11 is 6.24. The zero-order valence-electron chi connectivity index (χ0n) is 16.3. The van der Waals surface area contributed by atoms with Crippen molar-refractivity contribution >= 4 is 39.9 Å². The van der Waals surface area contributed by atoms with Crippen molar-refractivity contribution in [2.45, 2.75) is 26.4 Å². The monoisotopic (exact) mass is 411 g/mol. The summed E-state index contributed by atoms with van der Waals surface area (Å²) < 4.78 is 11.0. The van der Waals surface area contributed by atoms with Gasteiger partial charge in [-0.3, -0.25) is 4.79 Å². The standard InChI is InChI=1S/C23H22ClNO4/c1-3-20(29-21-11-7-9-15-8-5-6-10-17(15)21)22(26)25-19-13-12-16(14-18(19)24)23(27)28-4-2/h5-14,20H,3-4H2,1-2H3,(H,25,26)/t20-/m0/s1. The second kappa shape index (κ2) is 9.43. The van der Waals surface area contributed by atoms with Crippen LogP contribution in [0.15, 0.2) is 60.7 Å². The molecule has 0 aliphatic rings. The first-order valence-electron chi connectivity index (χ1n) is 9.45. The average molecular weight is 412 g/mol. The second-order valence-corrected chi connectivity index (χ2v) is 6.80. The van der Waals surface area contributed by atoms with Crippen LogP contribution in [0.25, 0.3) is 10.8 Å². The van der Waals surface area contributed by atoms with Crippen molar-refractivity contribution in [3.63, 3.8) is 0 Å². The van der Waals surface area contributed by atoms with Crippen LogP contribution in [-0.4, -0.2) is 24.6 Å². The summed E-state index contributed by atoms with van der Waals surface area (Å²) in [5.74, 6) is -0.127. The first-order valence-corrected chi connectivity index (χ1v) is 9.83. The van der Waals surface area contributed by atoms with Crippen molar-refractivity contribution in [3.8, 4) is 5.75 Å². The Morgan fingerprint density at radius 3 is 2.52 bits per heavy atom. The number of amides is 1. The lowest BCUT2D eigenvalue weighted by Crippen LogP contribution is -2.32. The van der Waals surface area contributed by atoms with Gasteiger partial charge in [0.15, 0.2) is 6.10 Å². The van der Waals surface area contributed by atoms with Gasteiger partial charge in [0.25, 0.3) is 5.91 Å². The highest BCUT2D eigenvalue weighted by molar-refractivity contribution is 6.34. The molecular weight excluding hydrogens is 390 g/mol. The Bertz CT molecular complexity index is 1030. The molecule has 0 heterocycles. The number of ether oxygens (including phenoxy) is 2. The van der Waals surface area contributed by atoms with Gasteiger partial charge < -0.3 is 14.8 Å². The van der Waals surface area contributed by atoms with E-state index in [1.54, 1.807) is 19.1 Å². The SMILES string of the molecule is CCOC(=O)c1ccc(NC(=O)[C@H](CC)Oc2cccc3ccccc23)c(Cl)c1. The average Bonchev–Trinajstić information content (AvgIpc) is 2.73. The van der Waals surface area contributed by atoms with Gasteiger partial charge in [0, 0.05) is 5.39 Å². The van der Waals surface area contributed by atoms with Gasteiger partial charge in [-0.15, -0.1) is 0 Å². The molecule has 3 aromatic rings. The molecule has 1 atom stereocenters. The Morgan fingerprint density at radius 1 is 1.03 bits per heavy atom. The summed E-state index contributed by atoms with van der Waals surface area (Å²) in [5, 5.41) is 5.02. The van der Waals surface area contributed by atoms with E-state index in [0.717, 1.165) is 10.8 Å². The van der Waals surface area contributed by atoms with Gasteiger partial charge in [-0.1, -0.05) is 54.9 Å². The lowest BCUT2D eigenvalue weighted by Gasteiger charge is -2.19. The topological polar surface area (TPSA) is 64.6 Å². The molecule has 0 aromatic heterocycles. The number of rotatable bonds is 7. The van der Waals surface area contributed by atoms with E-state index < -0.39 is 12.1 Å². The van der Waals surface area contributed by atoms with Crippen LogP contribution in [0.3, 0.4) is 0 Å². The normalized spacial score (nSPS) is 11.7. The van der Waals surface area contributed by atoms with E-state index in [1.807, 2.05) is 49.4 Å². The highest BCUT2D eigenvalue weighted by Gasteiger charge is 2.21. The summed E-state index contributed by atoms with van der Waals surface area (Å²) in [6.07, 6.45) is -0.213. The number of benzene rings is 3. The third-order valence-electron chi connectivity index (χ3n) is 4.42. The minimum atomic E-state index is -0.693. The molecule has 5 nitrogen and oxygen atoms in total. The van der Waals surface area contributed by atoms with Gasteiger partial charge >= 0.3 is 5.97 Å². The molecule has 0 saturated heterocycles. The molecule has 1 amide bonds. The van der Waals surface area contributed by atoms with E-state index in [2.05, 4.69) is 5.32 Å². The fraction of sp³-hybridized carbons (Fsp3) is 0.217. The van der Waals surface area contributed by atoms with Crippen molar-refractivity contribution in [2.75, 3.05) is 11.9 Å². The highest BCUT2D eigenvalue weighted by Crippen LogP contribution is 2.28. The molecule has 0 unspecified atom stereocenters. The number of hydrogen-bond donors (Lipinski definition) is 1. The maximum atomic E-state index is 12.8. The van der Waals surface area contributed by atoms with Crippen molar-refractivity contribution in [1.82, 2.24) is 0 Å². The summed E-state index contributed by atoms with van der Waals surface area (Å²) in [6.45, 7) is 3.88. The number of esters is 1. The van der Waals surface area contributed by atoms with Gasteiger partial charge in [0.05, 0.1) is 22.9 Å². The van der Waals surface area contributed by atoms with Crippen molar-refractivity contribution in [3.05, 3.63) is 71.2 Å². The van der Waals surface area contributed by atoms with Gasteiger partial charge in [0.1, 0.15) is 5.75 Å². The summed E-state index contributed by atoms with van der Waals surface area (Å²) in [7, 11) is 0. The molecule has 0 spiro atoms. The molecule has 0 aliphatic heterocycles. The lowest BCUT2D eigenvalue weighted by molar-refractivity contribution is -0.122. The number of halogens is 1. The van der Waals surface area contributed by atoms with Crippen molar-refractivity contribution in [2.24, 2.45) is 0 Å².